The van der Waals surface area contributed by atoms with E-state index in [0.29, 0.717) is 18.0 Å². The van der Waals surface area contributed by atoms with Gasteiger partial charge in [0.25, 0.3) is 0 Å². The van der Waals surface area contributed by atoms with Crippen LogP contribution in [-0.2, 0) is 4.57 Å². The van der Waals surface area contributed by atoms with Crippen molar-refractivity contribution < 1.29 is 14.4 Å². The van der Waals surface area contributed by atoms with Gasteiger partial charge in [-0.05, 0) is 31.2 Å². The molecule has 23 heavy (non-hydrogen) atoms. The molecule has 0 radical (unpaired) electrons. The molecule has 3 rings (SSSR count). The highest BCUT2D eigenvalue weighted by Gasteiger charge is 2.24. The first-order valence-corrected chi connectivity index (χ1v) is 9.36. The molecule has 2 aromatic rings. The lowest BCUT2D eigenvalue weighted by molar-refractivity contribution is 0.350. The first kappa shape index (κ1) is 16.1. The lowest BCUT2D eigenvalue weighted by Gasteiger charge is -2.33. The Labute approximate surface area is 132 Å². The summed E-state index contributed by atoms with van der Waals surface area (Å²) in [6.07, 6.45) is 3.68. The molecule has 0 aromatic carbocycles. The van der Waals surface area contributed by atoms with E-state index in [0.717, 1.165) is 37.1 Å². The molecular formula is C14H19N4O4P. The van der Waals surface area contributed by atoms with Crippen LogP contribution >= 0.6 is 7.60 Å². The van der Waals surface area contributed by atoms with Crippen LogP contribution in [0, 0.1) is 5.92 Å². The standard InChI is InChI=1S/C14H19N4O4P/c19-12-2-1-11-13(17-12)15-9-16-14(11)18-6-3-10(4-7-18)5-8-23(20,21)22/h1-2,9-10H,3-8H2,(H2,20,21,22)(H,15,16,17,19). The van der Waals surface area contributed by atoms with E-state index in [1.807, 2.05) is 0 Å². The number of rotatable bonds is 4. The Hall–Kier alpha value is -1.76. The molecule has 1 fully saturated rings. The number of H-pyrrole nitrogens is 1. The van der Waals surface area contributed by atoms with E-state index in [4.69, 9.17) is 9.79 Å². The summed E-state index contributed by atoms with van der Waals surface area (Å²) in [5, 5.41) is 0.806. The largest absolute Gasteiger partial charge is 0.356 e. The van der Waals surface area contributed by atoms with Crippen LogP contribution in [0.2, 0.25) is 0 Å². The number of hydrogen-bond acceptors (Lipinski definition) is 5. The summed E-state index contributed by atoms with van der Waals surface area (Å²) in [5.41, 5.74) is 0.324. The van der Waals surface area contributed by atoms with Crippen LogP contribution in [0.25, 0.3) is 11.0 Å². The van der Waals surface area contributed by atoms with Gasteiger partial charge in [0.1, 0.15) is 17.8 Å². The number of hydrogen-bond donors (Lipinski definition) is 3. The summed E-state index contributed by atoms with van der Waals surface area (Å²) in [4.78, 5) is 42.6. The molecule has 0 amide bonds. The molecule has 8 nitrogen and oxygen atoms in total. The molecule has 0 spiro atoms. The Balaban J connectivity index is 1.71. The maximum Gasteiger partial charge on any atom is 0.325 e. The number of pyridine rings is 1. The second kappa shape index (κ2) is 6.39. The Morgan fingerprint density at radius 1 is 1.26 bits per heavy atom. The molecule has 3 heterocycles. The molecular weight excluding hydrogens is 319 g/mol. The number of nitrogens with zero attached hydrogens (tertiary/aromatic N) is 3. The van der Waals surface area contributed by atoms with E-state index in [1.165, 1.54) is 12.4 Å². The minimum Gasteiger partial charge on any atom is -0.356 e. The van der Waals surface area contributed by atoms with Crippen LogP contribution in [0.3, 0.4) is 0 Å². The second-order valence-electron chi connectivity index (χ2n) is 5.89. The van der Waals surface area contributed by atoms with Crippen molar-refractivity contribution in [2.24, 2.45) is 5.92 Å². The van der Waals surface area contributed by atoms with E-state index in [1.54, 1.807) is 6.07 Å². The van der Waals surface area contributed by atoms with E-state index < -0.39 is 7.60 Å². The third-order valence-corrected chi connectivity index (χ3v) is 5.09. The van der Waals surface area contributed by atoms with Gasteiger partial charge in [0.15, 0.2) is 0 Å². The van der Waals surface area contributed by atoms with Crippen molar-refractivity contribution in [2.75, 3.05) is 24.2 Å². The van der Waals surface area contributed by atoms with Crippen molar-refractivity contribution in [1.29, 1.82) is 0 Å². The quantitative estimate of drug-likeness (QED) is 0.714. The van der Waals surface area contributed by atoms with Crippen molar-refractivity contribution in [3.63, 3.8) is 0 Å². The molecule has 9 heteroatoms. The number of aromatic amines is 1. The van der Waals surface area contributed by atoms with Crippen LogP contribution in [0.1, 0.15) is 19.3 Å². The average Bonchev–Trinajstić information content (AvgIpc) is 2.52. The Morgan fingerprint density at radius 2 is 2.00 bits per heavy atom. The summed E-state index contributed by atoms with van der Waals surface area (Å²) in [6, 6.07) is 3.19. The number of piperidine rings is 1. The monoisotopic (exact) mass is 338 g/mol. The van der Waals surface area contributed by atoms with Gasteiger partial charge >= 0.3 is 7.60 Å². The van der Waals surface area contributed by atoms with Gasteiger partial charge in [0.05, 0.1) is 11.5 Å². The third-order valence-electron chi connectivity index (χ3n) is 4.25. The first-order chi connectivity index (χ1) is 10.9. The lowest BCUT2D eigenvalue weighted by Crippen LogP contribution is -2.34. The third kappa shape index (κ3) is 3.96. The summed E-state index contributed by atoms with van der Waals surface area (Å²) >= 11 is 0. The highest BCUT2D eigenvalue weighted by atomic mass is 31.2. The molecule has 0 atom stereocenters. The van der Waals surface area contributed by atoms with Gasteiger partial charge in [0.2, 0.25) is 5.56 Å². The number of fused-ring (bicyclic) bond motifs is 1. The van der Waals surface area contributed by atoms with Gasteiger partial charge < -0.3 is 19.7 Å². The van der Waals surface area contributed by atoms with Crippen molar-refractivity contribution in [3.8, 4) is 0 Å². The number of anilines is 1. The van der Waals surface area contributed by atoms with E-state index in [-0.39, 0.29) is 11.7 Å². The molecule has 0 bridgehead atoms. The summed E-state index contributed by atoms with van der Waals surface area (Å²) in [5.74, 6) is 1.12. The summed E-state index contributed by atoms with van der Waals surface area (Å²) in [7, 11) is -3.91. The van der Waals surface area contributed by atoms with Crippen molar-refractivity contribution in [2.45, 2.75) is 19.3 Å². The fourth-order valence-electron chi connectivity index (χ4n) is 2.99. The number of aromatic nitrogens is 3. The molecule has 1 saturated heterocycles. The molecule has 0 saturated carbocycles. The fraction of sp³-hybridized carbons (Fsp3) is 0.500. The van der Waals surface area contributed by atoms with Gasteiger partial charge in [-0.1, -0.05) is 0 Å². The van der Waals surface area contributed by atoms with Gasteiger partial charge in [0, 0.05) is 19.2 Å². The second-order valence-corrected chi connectivity index (χ2v) is 7.67. The molecule has 1 aliphatic rings. The topological polar surface area (TPSA) is 119 Å². The van der Waals surface area contributed by atoms with Crippen LogP contribution in [0.5, 0.6) is 0 Å². The van der Waals surface area contributed by atoms with Crippen molar-refractivity contribution in [3.05, 3.63) is 28.8 Å². The Bertz CT molecular complexity index is 795. The zero-order chi connectivity index (χ0) is 16.4. The maximum absolute atomic E-state index is 11.4. The maximum atomic E-state index is 11.4. The van der Waals surface area contributed by atoms with Gasteiger partial charge in [-0.15, -0.1) is 0 Å². The molecule has 1 aliphatic heterocycles. The zero-order valence-electron chi connectivity index (χ0n) is 12.6. The van der Waals surface area contributed by atoms with Gasteiger partial charge in [-0.3, -0.25) is 9.36 Å². The van der Waals surface area contributed by atoms with Gasteiger partial charge in [-0.25, -0.2) is 9.97 Å². The molecule has 2 aromatic heterocycles. The molecule has 0 unspecified atom stereocenters. The summed E-state index contributed by atoms with van der Waals surface area (Å²) < 4.78 is 11.0. The smallest absolute Gasteiger partial charge is 0.325 e. The minimum atomic E-state index is -3.91. The van der Waals surface area contributed by atoms with E-state index in [9.17, 15) is 9.36 Å². The fourth-order valence-corrected chi connectivity index (χ4v) is 3.69. The Morgan fingerprint density at radius 3 is 2.70 bits per heavy atom. The molecule has 0 aliphatic carbocycles. The molecule has 3 N–H and O–H groups in total. The van der Waals surface area contributed by atoms with Gasteiger partial charge in [-0.2, -0.15) is 0 Å². The van der Waals surface area contributed by atoms with E-state index in [2.05, 4.69) is 19.9 Å². The van der Waals surface area contributed by atoms with Crippen LogP contribution < -0.4 is 10.5 Å². The zero-order valence-corrected chi connectivity index (χ0v) is 13.4. The highest BCUT2D eigenvalue weighted by molar-refractivity contribution is 7.51. The number of nitrogens with one attached hydrogen (secondary N) is 1. The van der Waals surface area contributed by atoms with Crippen LogP contribution in [0.4, 0.5) is 5.82 Å². The normalized spacial score (nSPS) is 16.9. The predicted molar refractivity (Wildman–Crippen MR) is 86.6 cm³/mol. The summed E-state index contributed by atoms with van der Waals surface area (Å²) in [6.45, 7) is 1.55. The predicted octanol–water partition coefficient (Wildman–Crippen LogP) is 1.10. The molecule has 124 valence electrons. The lowest BCUT2D eigenvalue weighted by atomic mass is 9.94. The highest BCUT2D eigenvalue weighted by Crippen LogP contribution is 2.38. The Kier molecular flexibility index (Phi) is 4.48. The van der Waals surface area contributed by atoms with Crippen LogP contribution in [0.15, 0.2) is 23.3 Å². The first-order valence-electron chi connectivity index (χ1n) is 7.56. The minimum absolute atomic E-state index is 0.0463. The van der Waals surface area contributed by atoms with Crippen molar-refractivity contribution in [1.82, 2.24) is 15.0 Å². The van der Waals surface area contributed by atoms with E-state index >= 15 is 0 Å². The van der Waals surface area contributed by atoms with Crippen molar-refractivity contribution >= 4 is 24.4 Å². The van der Waals surface area contributed by atoms with Crippen LogP contribution in [-0.4, -0.2) is 44.0 Å². The average molecular weight is 338 g/mol. The SMILES string of the molecule is O=c1ccc2c(N3CCC(CCP(=O)(O)O)CC3)ncnc2[nH]1.